The van der Waals surface area contributed by atoms with Gasteiger partial charge < -0.3 is 9.30 Å². The molecule has 3 aromatic heterocycles. The van der Waals surface area contributed by atoms with Crippen molar-refractivity contribution < 1.29 is 27.1 Å². The molecule has 9 nitrogen and oxygen atoms in total. The van der Waals surface area contributed by atoms with Gasteiger partial charge in [-0.3, -0.25) is 9.69 Å². The van der Waals surface area contributed by atoms with Crippen molar-refractivity contribution in [2.45, 2.75) is 64.3 Å². The summed E-state index contributed by atoms with van der Waals surface area (Å²) in [7, 11) is 1.53. The fraction of sp³-hybridized carbons (Fsp3) is 0.393. The maximum atomic E-state index is 15.4. The van der Waals surface area contributed by atoms with Gasteiger partial charge in [0.15, 0.2) is 11.5 Å². The summed E-state index contributed by atoms with van der Waals surface area (Å²) < 4.78 is 63.8. The fourth-order valence-corrected chi connectivity index (χ4v) is 5.11. The van der Waals surface area contributed by atoms with Crippen LogP contribution in [0.4, 0.5) is 23.5 Å². The minimum atomic E-state index is -4.66. The van der Waals surface area contributed by atoms with Crippen LogP contribution in [0, 0.1) is 5.82 Å². The van der Waals surface area contributed by atoms with E-state index in [-0.39, 0.29) is 36.3 Å². The highest BCUT2D eigenvalue weighted by molar-refractivity contribution is 5.93. The molecule has 13 heteroatoms. The van der Waals surface area contributed by atoms with E-state index in [4.69, 9.17) is 9.72 Å². The van der Waals surface area contributed by atoms with Crippen molar-refractivity contribution in [3.63, 3.8) is 0 Å². The van der Waals surface area contributed by atoms with Gasteiger partial charge in [-0.1, -0.05) is 6.07 Å². The average molecular weight is 570 g/mol. The minimum Gasteiger partial charge on any atom is -0.480 e. The maximum absolute atomic E-state index is 15.4. The van der Waals surface area contributed by atoms with Gasteiger partial charge in [0.25, 0.3) is 0 Å². The molecule has 41 heavy (non-hydrogen) atoms. The number of ether oxygens (including phenoxy) is 1. The maximum Gasteiger partial charge on any atom is 0.434 e. The van der Waals surface area contributed by atoms with Crippen LogP contribution in [0.3, 0.4) is 0 Å². The topological polar surface area (TPSA) is 91.0 Å². The third-order valence-corrected chi connectivity index (χ3v) is 7.31. The van der Waals surface area contributed by atoms with Crippen molar-refractivity contribution in [1.82, 2.24) is 29.3 Å². The number of anilines is 1. The fourth-order valence-electron chi connectivity index (χ4n) is 5.11. The Bertz CT molecular complexity index is 1640. The number of methoxy groups -OCH3 is 1. The quantitative estimate of drug-likeness (QED) is 0.263. The first-order valence-electron chi connectivity index (χ1n) is 13.3. The SMILES string of the molecule is COc1nccc(C2CC2)c1-c1nc2n(n1)CCC(=O)N2Cc1ccc(-c2nc(C(F)(F)F)cn2C(C)C)c(F)c1. The van der Waals surface area contributed by atoms with E-state index in [1.807, 2.05) is 6.07 Å². The van der Waals surface area contributed by atoms with Crippen LogP contribution >= 0.6 is 0 Å². The van der Waals surface area contributed by atoms with E-state index in [9.17, 15) is 18.0 Å². The zero-order valence-corrected chi connectivity index (χ0v) is 22.6. The third-order valence-electron chi connectivity index (χ3n) is 7.31. The molecular formula is C28H27F4N7O2. The summed E-state index contributed by atoms with van der Waals surface area (Å²) in [6.45, 7) is 3.73. The van der Waals surface area contributed by atoms with E-state index in [1.165, 1.54) is 28.7 Å². The Kier molecular flexibility index (Phi) is 6.54. The number of aryl methyl sites for hydroxylation is 1. The van der Waals surface area contributed by atoms with Gasteiger partial charge in [0.1, 0.15) is 11.6 Å². The third kappa shape index (κ3) is 4.93. The molecule has 0 spiro atoms. The highest BCUT2D eigenvalue weighted by atomic mass is 19.4. The Balaban J connectivity index is 1.33. The molecule has 2 aliphatic rings. The van der Waals surface area contributed by atoms with E-state index >= 15 is 4.39 Å². The summed E-state index contributed by atoms with van der Waals surface area (Å²) in [5, 5.41) is 4.66. The van der Waals surface area contributed by atoms with Crippen molar-refractivity contribution in [1.29, 1.82) is 0 Å². The summed E-state index contributed by atoms with van der Waals surface area (Å²) in [5.74, 6) is 0.428. The predicted molar refractivity (Wildman–Crippen MR) is 141 cm³/mol. The van der Waals surface area contributed by atoms with Crippen LogP contribution in [0.5, 0.6) is 5.88 Å². The molecule has 4 heterocycles. The number of imidazole rings is 1. The Morgan fingerprint density at radius 1 is 1.15 bits per heavy atom. The second-order valence-corrected chi connectivity index (χ2v) is 10.5. The molecule has 1 fully saturated rings. The molecule has 0 unspecified atom stereocenters. The Labute approximate surface area is 232 Å². The number of aromatic nitrogens is 6. The van der Waals surface area contributed by atoms with Crippen LogP contribution in [0.1, 0.15) is 61.9 Å². The summed E-state index contributed by atoms with van der Waals surface area (Å²) in [6, 6.07) is 5.73. The molecule has 1 aromatic carbocycles. The molecule has 0 bridgehead atoms. The van der Waals surface area contributed by atoms with Crippen LogP contribution in [0.15, 0.2) is 36.7 Å². The number of carbonyl (C=O) groups is 1. The van der Waals surface area contributed by atoms with Crippen molar-refractivity contribution in [3.8, 4) is 28.7 Å². The molecule has 1 saturated carbocycles. The zero-order chi connectivity index (χ0) is 29.1. The van der Waals surface area contributed by atoms with Crippen molar-refractivity contribution in [2.75, 3.05) is 12.0 Å². The Morgan fingerprint density at radius 3 is 2.59 bits per heavy atom. The number of rotatable bonds is 7. The Hall–Kier alpha value is -4.29. The van der Waals surface area contributed by atoms with E-state index in [0.717, 1.165) is 24.6 Å². The van der Waals surface area contributed by atoms with Crippen molar-refractivity contribution in [2.24, 2.45) is 0 Å². The van der Waals surface area contributed by atoms with Gasteiger partial charge in [0.2, 0.25) is 17.7 Å². The van der Waals surface area contributed by atoms with Crippen LogP contribution in [0.25, 0.3) is 22.8 Å². The van der Waals surface area contributed by atoms with Gasteiger partial charge >= 0.3 is 6.18 Å². The van der Waals surface area contributed by atoms with Crippen LogP contribution in [-0.4, -0.2) is 42.3 Å². The standard InChI is InChI=1S/C28H27F4N7O2/c1-15(2)37-14-21(28(30,31)32)34-25(37)19-7-4-16(12-20(19)29)13-38-22(40)9-11-39-27(38)35-24(36-39)23-18(17-5-6-17)8-10-33-26(23)41-3/h4,7-8,10,12,14-15,17H,5-6,9,11,13H2,1-3H3. The first-order chi connectivity index (χ1) is 19.5. The largest absolute Gasteiger partial charge is 0.480 e. The number of halogens is 4. The van der Waals surface area contributed by atoms with E-state index in [2.05, 4.69) is 15.1 Å². The summed E-state index contributed by atoms with van der Waals surface area (Å²) in [4.78, 5) is 27.1. The van der Waals surface area contributed by atoms with Gasteiger partial charge in [-0.2, -0.15) is 18.2 Å². The minimum absolute atomic E-state index is 0.000244. The predicted octanol–water partition coefficient (Wildman–Crippen LogP) is 5.77. The second-order valence-electron chi connectivity index (χ2n) is 10.5. The number of nitrogens with zero attached hydrogens (tertiary/aromatic N) is 7. The van der Waals surface area contributed by atoms with Crippen LogP contribution < -0.4 is 9.64 Å². The van der Waals surface area contributed by atoms with E-state index < -0.39 is 17.7 Å². The van der Waals surface area contributed by atoms with Crippen molar-refractivity contribution >= 4 is 11.9 Å². The smallest absolute Gasteiger partial charge is 0.434 e. The number of carbonyl (C=O) groups excluding carboxylic acids is 1. The summed E-state index contributed by atoms with van der Waals surface area (Å²) in [6.07, 6.45) is 0.202. The molecule has 214 valence electrons. The molecule has 0 N–H and O–H groups in total. The molecule has 4 aromatic rings. The lowest BCUT2D eigenvalue weighted by molar-refractivity contribution is -0.141. The molecule has 0 saturated heterocycles. The molecule has 1 aliphatic carbocycles. The number of amides is 1. The number of benzene rings is 1. The number of pyridine rings is 1. The lowest BCUT2D eigenvalue weighted by Crippen LogP contribution is -2.37. The molecule has 1 amide bonds. The monoisotopic (exact) mass is 569 g/mol. The molecule has 0 radical (unpaired) electrons. The number of hydrogen-bond donors (Lipinski definition) is 0. The number of fused-ring (bicyclic) bond motifs is 1. The zero-order valence-electron chi connectivity index (χ0n) is 22.6. The second kappa shape index (κ2) is 9.96. The van der Waals surface area contributed by atoms with Crippen molar-refractivity contribution in [3.05, 3.63) is 59.3 Å². The molecule has 0 atom stereocenters. The number of alkyl halides is 3. The van der Waals surface area contributed by atoms with Gasteiger partial charge in [-0.15, -0.1) is 5.10 Å². The highest BCUT2D eigenvalue weighted by Crippen LogP contribution is 2.46. The Morgan fingerprint density at radius 2 is 1.93 bits per heavy atom. The average Bonchev–Trinajstić information content (AvgIpc) is 3.51. The molecule has 6 rings (SSSR count). The van der Waals surface area contributed by atoms with Gasteiger partial charge in [-0.25, -0.2) is 19.0 Å². The van der Waals surface area contributed by atoms with Gasteiger partial charge in [0.05, 0.1) is 31.3 Å². The van der Waals surface area contributed by atoms with Gasteiger partial charge in [0, 0.05) is 24.9 Å². The first kappa shape index (κ1) is 26.9. The molecule has 1 aliphatic heterocycles. The van der Waals surface area contributed by atoms with E-state index in [1.54, 1.807) is 30.8 Å². The highest BCUT2D eigenvalue weighted by Gasteiger charge is 2.36. The first-order valence-corrected chi connectivity index (χ1v) is 13.3. The van der Waals surface area contributed by atoms with Crippen LogP contribution in [-0.2, 0) is 24.1 Å². The normalized spacial score (nSPS) is 15.5. The number of hydrogen-bond acceptors (Lipinski definition) is 6. The van der Waals surface area contributed by atoms with Gasteiger partial charge in [-0.05, 0) is 61.9 Å². The lowest BCUT2D eigenvalue weighted by Gasteiger charge is -2.26. The summed E-state index contributed by atoms with van der Waals surface area (Å²) >= 11 is 0. The molecular weight excluding hydrogens is 542 g/mol. The van der Waals surface area contributed by atoms with E-state index in [0.29, 0.717) is 41.2 Å². The lowest BCUT2D eigenvalue weighted by atomic mass is 10.1. The summed E-state index contributed by atoms with van der Waals surface area (Å²) in [5.41, 5.74) is 1.03. The van der Waals surface area contributed by atoms with Crippen LogP contribution in [0.2, 0.25) is 0 Å².